The van der Waals surface area contributed by atoms with Crippen molar-refractivity contribution in [3.8, 4) is 0 Å². The number of carbonyl (C=O) groups excluding carboxylic acids is 1. The monoisotopic (exact) mass is 312 g/mol. The number of oxazole rings is 1. The quantitative estimate of drug-likeness (QED) is 0.865. The number of benzene rings is 1. The molecule has 1 amide bonds. The molecule has 0 N–H and O–H groups in total. The summed E-state index contributed by atoms with van der Waals surface area (Å²) in [6.07, 6.45) is 0.701. The summed E-state index contributed by atoms with van der Waals surface area (Å²) in [5.74, 6) is 1.32. The maximum Gasteiger partial charge on any atom is 0.291 e. The average Bonchev–Trinajstić information content (AvgIpc) is 3.07. The zero-order valence-corrected chi connectivity index (χ0v) is 14.3. The summed E-state index contributed by atoms with van der Waals surface area (Å²) in [4.78, 5) is 19.1. The Kier molecular flexibility index (Phi) is 4.00. The molecule has 1 aromatic heterocycles. The molecule has 1 aliphatic heterocycles. The van der Waals surface area contributed by atoms with Crippen molar-refractivity contribution in [2.45, 2.75) is 40.0 Å². The molecule has 0 saturated carbocycles. The Morgan fingerprint density at radius 3 is 2.65 bits per heavy atom. The van der Waals surface area contributed by atoms with Crippen molar-refractivity contribution in [1.29, 1.82) is 0 Å². The van der Waals surface area contributed by atoms with Crippen LogP contribution in [0.4, 0.5) is 0 Å². The molecule has 1 aromatic carbocycles. The van der Waals surface area contributed by atoms with Gasteiger partial charge in [-0.2, -0.15) is 0 Å². The molecule has 4 heteroatoms. The molecule has 0 radical (unpaired) electrons. The lowest BCUT2D eigenvalue weighted by Crippen LogP contribution is -2.30. The van der Waals surface area contributed by atoms with E-state index in [2.05, 4.69) is 43.1 Å². The summed E-state index contributed by atoms with van der Waals surface area (Å²) in [5, 5.41) is 0. The lowest BCUT2D eigenvalue weighted by molar-refractivity contribution is 0.0743. The molecule has 0 bridgehead atoms. The second kappa shape index (κ2) is 5.84. The van der Waals surface area contributed by atoms with Gasteiger partial charge in [-0.1, -0.05) is 51.1 Å². The summed E-state index contributed by atoms with van der Waals surface area (Å²) in [6, 6.07) is 10.4. The molecule has 1 saturated heterocycles. The van der Waals surface area contributed by atoms with Crippen LogP contribution in [0, 0.1) is 12.3 Å². The van der Waals surface area contributed by atoms with Gasteiger partial charge in [-0.15, -0.1) is 0 Å². The first-order valence-corrected chi connectivity index (χ1v) is 8.23. The van der Waals surface area contributed by atoms with Gasteiger partial charge in [-0.05, 0) is 17.9 Å². The van der Waals surface area contributed by atoms with Crippen molar-refractivity contribution < 1.29 is 9.21 Å². The summed E-state index contributed by atoms with van der Waals surface area (Å²) in [5.41, 5.74) is 2.02. The Bertz CT molecular complexity index is 703. The van der Waals surface area contributed by atoms with E-state index in [1.54, 1.807) is 0 Å². The van der Waals surface area contributed by atoms with Crippen LogP contribution in [0.3, 0.4) is 0 Å². The predicted octanol–water partition coefficient (Wildman–Crippen LogP) is 3.81. The number of hydrogen-bond donors (Lipinski definition) is 0. The summed E-state index contributed by atoms with van der Waals surface area (Å²) >= 11 is 0. The van der Waals surface area contributed by atoms with Crippen LogP contribution in [0.25, 0.3) is 0 Å². The van der Waals surface area contributed by atoms with Gasteiger partial charge in [0, 0.05) is 25.4 Å². The van der Waals surface area contributed by atoms with Gasteiger partial charge in [0.15, 0.2) is 5.89 Å². The molecule has 122 valence electrons. The Morgan fingerprint density at radius 2 is 2.04 bits per heavy atom. The Balaban J connectivity index is 1.85. The Labute approximate surface area is 137 Å². The van der Waals surface area contributed by atoms with Crippen molar-refractivity contribution in [3.63, 3.8) is 0 Å². The van der Waals surface area contributed by atoms with E-state index in [4.69, 9.17) is 4.42 Å². The molecular weight excluding hydrogens is 288 g/mol. The maximum absolute atomic E-state index is 12.9. The van der Waals surface area contributed by atoms with Gasteiger partial charge in [0.1, 0.15) is 0 Å². The number of rotatable bonds is 3. The number of aryl methyl sites for hydroxylation is 2. The number of nitrogens with zero attached hydrogens (tertiary/aromatic N) is 2. The van der Waals surface area contributed by atoms with Gasteiger partial charge < -0.3 is 9.32 Å². The minimum atomic E-state index is -0.0405. The second-order valence-corrected chi connectivity index (χ2v) is 7.01. The zero-order valence-electron chi connectivity index (χ0n) is 14.3. The molecule has 1 atom stereocenters. The SMILES string of the molecule is CCc1nc(C)c(C(=O)N2C[C@H](c3ccccc3)C(C)(C)C2)o1. The molecule has 0 spiro atoms. The lowest BCUT2D eigenvalue weighted by Gasteiger charge is -2.25. The van der Waals surface area contributed by atoms with Gasteiger partial charge >= 0.3 is 0 Å². The molecule has 1 fully saturated rings. The molecule has 2 aromatic rings. The van der Waals surface area contributed by atoms with Crippen molar-refractivity contribution >= 4 is 5.91 Å². The van der Waals surface area contributed by atoms with Crippen molar-refractivity contribution in [3.05, 3.63) is 53.2 Å². The molecule has 2 heterocycles. The largest absolute Gasteiger partial charge is 0.435 e. The van der Waals surface area contributed by atoms with E-state index in [1.165, 1.54) is 5.56 Å². The van der Waals surface area contributed by atoms with Crippen LogP contribution in [0.2, 0.25) is 0 Å². The fourth-order valence-corrected chi connectivity index (χ4v) is 3.48. The standard InChI is InChI=1S/C19H24N2O2/c1-5-16-20-13(2)17(23-16)18(22)21-11-15(19(3,4)12-21)14-9-7-6-8-10-14/h6-10,15H,5,11-12H2,1-4H3/t15-/m1/s1. The van der Waals surface area contributed by atoms with E-state index < -0.39 is 0 Å². The van der Waals surface area contributed by atoms with Crippen LogP contribution in [0.5, 0.6) is 0 Å². The molecule has 0 aliphatic carbocycles. The molecule has 4 nitrogen and oxygen atoms in total. The van der Waals surface area contributed by atoms with Crippen LogP contribution in [0.1, 0.15) is 54.4 Å². The highest BCUT2D eigenvalue weighted by Crippen LogP contribution is 2.42. The fourth-order valence-electron chi connectivity index (χ4n) is 3.48. The topological polar surface area (TPSA) is 46.3 Å². The van der Waals surface area contributed by atoms with Gasteiger partial charge in [-0.3, -0.25) is 4.79 Å². The highest BCUT2D eigenvalue weighted by atomic mass is 16.4. The third-order valence-corrected chi connectivity index (χ3v) is 4.77. The van der Waals surface area contributed by atoms with E-state index in [0.29, 0.717) is 29.7 Å². The number of carbonyl (C=O) groups is 1. The van der Waals surface area contributed by atoms with E-state index in [0.717, 1.165) is 13.1 Å². The van der Waals surface area contributed by atoms with Gasteiger partial charge in [-0.25, -0.2) is 4.98 Å². The third kappa shape index (κ3) is 2.90. The Hall–Kier alpha value is -2.10. The number of hydrogen-bond acceptors (Lipinski definition) is 3. The highest BCUT2D eigenvalue weighted by molar-refractivity contribution is 5.92. The van der Waals surface area contributed by atoms with Crippen LogP contribution in [-0.2, 0) is 6.42 Å². The predicted molar refractivity (Wildman–Crippen MR) is 89.5 cm³/mol. The summed E-state index contributed by atoms with van der Waals surface area (Å²) in [6.45, 7) is 9.71. The van der Waals surface area contributed by atoms with Crippen molar-refractivity contribution in [2.75, 3.05) is 13.1 Å². The van der Waals surface area contributed by atoms with Gasteiger partial charge in [0.05, 0.1) is 5.69 Å². The third-order valence-electron chi connectivity index (χ3n) is 4.77. The number of amides is 1. The van der Waals surface area contributed by atoms with E-state index in [9.17, 15) is 4.79 Å². The minimum Gasteiger partial charge on any atom is -0.435 e. The van der Waals surface area contributed by atoms with E-state index >= 15 is 0 Å². The molecular formula is C19H24N2O2. The highest BCUT2D eigenvalue weighted by Gasteiger charge is 2.43. The first-order chi connectivity index (χ1) is 10.9. The van der Waals surface area contributed by atoms with Crippen molar-refractivity contribution in [2.24, 2.45) is 5.41 Å². The second-order valence-electron chi connectivity index (χ2n) is 7.01. The van der Waals surface area contributed by atoms with Gasteiger partial charge in [0.2, 0.25) is 5.76 Å². The maximum atomic E-state index is 12.9. The fraction of sp³-hybridized carbons (Fsp3) is 0.474. The smallest absolute Gasteiger partial charge is 0.291 e. The lowest BCUT2D eigenvalue weighted by atomic mass is 9.78. The average molecular weight is 312 g/mol. The molecule has 3 rings (SSSR count). The summed E-state index contributed by atoms with van der Waals surface area (Å²) in [7, 11) is 0. The van der Waals surface area contributed by atoms with Crippen molar-refractivity contribution in [1.82, 2.24) is 9.88 Å². The van der Waals surface area contributed by atoms with E-state index in [1.807, 2.05) is 24.8 Å². The Morgan fingerprint density at radius 1 is 1.35 bits per heavy atom. The van der Waals surface area contributed by atoms with Gasteiger partial charge in [0.25, 0.3) is 5.91 Å². The normalized spacial score (nSPS) is 20.0. The minimum absolute atomic E-state index is 0.0402. The van der Waals surface area contributed by atoms with Crippen LogP contribution >= 0.6 is 0 Å². The molecule has 23 heavy (non-hydrogen) atoms. The molecule has 0 unspecified atom stereocenters. The first-order valence-electron chi connectivity index (χ1n) is 8.23. The zero-order chi connectivity index (χ0) is 16.6. The summed E-state index contributed by atoms with van der Waals surface area (Å²) < 4.78 is 5.64. The van der Waals surface area contributed by atoms with Crippen LogP contribution < -0.4 is 0 Å². The van der Waals surface area contributed by atoms with E-state index in [-0.39, 0.29) is 11.3 Å². The van der Waals surface area contributed by atoms with Crippen LogP contribution in [-0.4, -0.2) is 28.9 Å². The molecule has 1 aliphatic rings. The number of aromatic nitrogens is 1. The first kappa shape index (κ1) is 15.8. The van der Waals surface area contributed by atoms with Crippen LogP contribution in [0.15, 0.2) is 34.7 Å². The number of likely N-dealkylation sites (tertiary alicyclic amines) is 1.